The van der Waals surface area contributed by atoms with Crippen LogP contribution in [0.2, 0.25) is 0 Å². The molecule has 0 aliphatic carbocycles. The maximum Gasteiger partial charge on any atom is 0.224 e. The molecule has 1 N–H and O–H groups in total. The molecule has 25 heavy (non-hydrogen) atoms. The van der Waals surface area contributed by atoms with Gasteiger partial charge in [-0.15, -0.1) is 0 Å². The van der Waals surface area contributed by atoms with Crippen molar-refractivity contribution in [3.8, 4) is 17.2 Å². The first kappa shape index (κ1) is 18.6. The first-order chi connectivity index (χ1) is 12.1. The molecule has 0 saturated carbocycles. The maximum absolute atomic E-state index is 12.4. The van der Waals surface area contributed by atoms with Crippen molar-refractivity contribution >= 4 is 5.91 Å². The van der Waals surface area contributed by atoms with Crippen LogP contribution in [0.5, 0.6) is 17.2 Å². The van der Waals surface area contributed by atoms with E-state index < -0.39 is 0 Å². The van der Waals surface area contributed by atoms with Crippen LogP contribution in [-0.2, 0) is 11.2 Å². The van der Waals surface area contributed by atoms with E-state index in [0.717, 1.165) is 23.3 Å². The van der Waals surface area contributed by atoms with E-state index in [9.17, 15) is 4.79 Å². The number of hydrogen-bond acceptors (Lipinski definition) is 4. The molecule has 134 valence electrons. The molecule has 1 unspecified atom stereocenters. The molecule has 2 aromatic carbocycles. The summed E-state index contributed by atoms with van der Waals surface area (Å²) in [6.45, 7) is 2.05. The van der Waals surface area contributed by atoms with Crippen LogP contribution < -0.4 is 19.5 Å². The lowest BCUT2D eigenvalue weighted by Gasteiger charge is -2.18. The number of rotatable bonds is 8. The SMILES string of the molecule is CCC(NC(=O)Cc1ccc(OC)c(OC)c1)c1ccc(OC)cc1. The Labute approximate surface area is 148 Å². The van der Waals surface area contributed by atoms with Gasteiger partial charge in [-0.05, 0) is 41.8 Å². The molecule has 0 fully saturated rings. The minimum Gasteiger partial charge on any atom is -0.497 e. The van der Waals surface area contributed by atoms with Gasteiger partial charge in [0.25, 0.3) is 0 Å². The summed E-state index contributed by atoms with van der Waals surface area (Å²) < 4.78 is 15.7. The lowest BCUT2D eigenvalue weighted by Crippen LogP contribution is -2.29. The molecule has 2 aromatic rings. The predicted molar refractivity (Wildman–Crippen MR) is 97.4 cm³/mol. The first-order valence-corrected chi connectivity index (χ1v) is 8.25. The van der Waals surface area contributed by atoms with E-state index in [1.54, 1.807) is 21.3 Å². The lowest BCUT2D eigenvalue weighted by atomic mass is 10.0. The van der Waals surface area contributed by atoms with E-state index in [2.05, 4.69) is 5.32 Å². The van der Waals surface area contributed by atoms with Crippen molar-refractivity contribution in [1.29, 1.82) is 0 Å². The van der Waals surface area contributed by atoms with Gasteiger partial charge in [0.15, 0.2) is 11.5 Å². The van der Waals surface area contributed by atoms with Crippen LogP contribution in [0.1, 0.15) is 30.5 Å². The van der Waals surface area contributed by atoms with Gasteiger partial charge in [-0.1, -0.05) is 25.1 Å². The second kappa shape index (κ2) is 8.97. The van der Waals surface area contributed by atoms with Gasteiger partial charge in [0, 0.05) is 0 Å². The normalized spacial score (nSPS) is 11.5. The average molecular weight is 343 g/mol. The highest BCUT2D eigenvalue weighted by Gasteiger charge is 2.14. The van der Waals surface area contributed by atoms with Crippen LogP contribution in [0.25, 0.3) is 0 Å². The molecular formula is C20H25NO4. The van der Waals surface area contributed by atoms with Crippen LogP contribution in [0.3, 0.4) is 0 Å². The molecule has 1 amide bonds. The Kier molecular flexibility index (Phi) is 6.69. The molecule has 1 atom stereocenters. The Morgan fingerprint density at radius 2 is 1.64 bits per heavy atom. The smallest absolute Gasteiger partial charge is 0.224 e. The lowest BCUT2D eigenvalue weighted by molar-refractivity contribution is -0.121. The monoisotopic (exact) mass is 343 g/mol. The number of carbonyl (C=O) groups excluding carboxylic acids is 1. The van der Waals surface area contributed by atoms with E-state index in [4.69, 9.17) is 14.2 Å². The van der Waals surface area contributed by atoms with E-state index in [0.29, 0.717) is 11.5 Å². The summed E-state index contributed by atoms with van der Waals surface area (Å²) in [5.74, 6) is 2.04. The number of carbonyl (C=O) groups is 1. The molecule has 2 rings (SSSR count). The van der Waals surface area contributed by atoms with Gasteiger partial charge in [0.05, 0.1) is 33.8 Å². The third-order valence-electron chi connectivity index (χ3n) is 4.07. The van der Waals surface area contributed by atoms with E-state index >= 15 is 0 Å². The van der Waals surface area contributed by atoms with Crippen molar-refractivity contribution < 1.29 is 19.0 Å². The van der Waals surface area contributed by atoms with Crippen molar-refractivity contribution in [3.05, 3.63) is 53.6 Å². The Balaban J connectivity index is 2.04. The number of nitrogens with one attached hydrogen (secondary N) is 1. The van der Waals surface area contributed by atoms with Gasteiger partial charge in [-0.25, -0.2) is 0 Å². The molecule has 0 aliphatic rings. The summed E-state index contributed by atoms with van der Waals surface area (Å²) in [4.78, 5) is 12.4. The summed E-state index contributed by atoms with van der Waals surface area (Å²) in [5, 5.41) is 3.08. The number of methoxy groups -OCH3 is 3. The van der Waals surface area contributed by atoms with Crippen molar-refractivity contribution in [1.82, 2.24) is 5.32 Å². The van der Waals surface area contributed by atoms with Crippen LogP contribution in [0.15, 0.2) is 42.5 Å². The fourth-order valence-electron chi connectivity index (χ4n) is 2.68. The van der Waals surface area contributed by atoms with Gasteiger partial charge in [-0.3, -0.25) is 4.79 Å². The third-order valence-corrected chi connectivity index (χ3v) is 4.07. The van der Waals surface area contributed by atoms with E-state index in [1.165, 1.54) is 0 Å². The summed E-state index contributed by atoms with van der Waals surface area (Å²) >= 11 is 0. The summed E-state index contributed by atoms with van der Waals surface area (Å²) in [6, 6.07) is 13.2. The second-order valence-electron chi connectivity index (χ2n) is 5.67. The zero-order valence-corrected chi connectivity index (χ0v) is 15.2. The number of benzene rings is 2. The molecule has 0 aliphatic heterocycles. The summed E-state index contributed by atoms with van der Waals surface area (Å²) in [7, 11) is 4.81. The van der Waals surface area contributed by atoms with Gasteiger partial charge < -0.3 is 19.5 Å². The van der Waals surface area contributed by atoms with Gasteiger partial charge in [0.1, 0.15) is 5.75 Å². The Morgan fingerprint density at radius 1 is 0.960 bits per heavy atom. The van der Waals surface area contributed by atoms with Crippen LogP contribution in [-0.4, -0.2) is 27.2 Å². The quantitative estimate of drug-likeness (QED) is 0.797. The highest BCUT2D eigenvalue weighted by molar-refractivity contribution is 5.79. The van der Waals surface area contributed by atoms with Crippen LogP contribution in [0.4, 0.5) is 0 Å². The van der Waals surface area contributed by atoms with Crippen molar-refractivity contribution in [2.75, 3.05) is 21.3 Å². The fourth-order valence-corrected chi connectivity index (χ4v) is 2.68. The molecule has 0 bridgehead atoms. The zero-order chi connectivity index (χ0) is 18.2. The molecule has 0 saturated heterocycles. The van der Waals surface area contributed by atoms with Gasteiger partial charge in [0.2, 0.25) is 5.91 Å². The van der Waals surface area contributed by atoms with Crippen LogP contribution >= 0.6 is 0 Å². The average Bonchev–Trinajstić information content (AvgIpc) is 2.66. The minimum absolute atomic E-state index is 0.0291. The molecule has 5 heteroatoms. The van der Waals surface area contributed by atoms with Crippen LogP contribution in [0, 0.1) is 0 Å². The highest BCUT2D eigenvalue weighted by Crippen LogP contribution is 2.28. The Hall–Kier alpha value is -2.69. The number of ether oxygens (including phenoxy) is 3. The topological polar surface area (TPSA) is 56.8 Å². The summed E-state index contributed by atoms with van der Waals surface area (Å²) in [5.41, 5.74) is 1.93. The molecule has 0 aromatic heterocycles. The Morgan fingerprint density at radius 3 is 2.20 bits per heavy atom. The molecule has 5 nitrogen and oxygen atoms in total. The molecule has 0 heterocycles. The standard InChI is InChI=1S/C20H25NO4/c1-5-17(15-7-9-16(23-2)10-8-15)21-20(22)13-14-6-11-18(24-3)19(12-14)25-4/h6-12,17H,5,13H2,1-4H3,(H,21,22). The highest BCUT2D eigenvalue weighted by atomic mass is 16.5. The zero-order valence-electron chi connectivity index (χ0n) is 15.2. The van der Waals surface area contributed by atoms with Crippen molar-refractivity contribution in [2.24, 2.45) is 0 Å². The second-order valence-corrected chi connectivity index (χ2v) is 5.67. The summed E-state index contributed by atoms with van der Waals surface area (Å²) in [6.07, 6.45) is 1.09. The number of amides is 1. The maximum atomic E-state index is 12.4. The largest absolute Gasteiger partial charge is 0.497 e. The first-order valence-electron chi connectivity index (χ1n) is 8.25. The van der Waals surface area contributed by atoms with Crippen molar-refractivity contribution in [3.63, 3.8) is 0 Å². The molecule has 0 spiro atoms. The predicted octanol–water partition coefficient (Wildman–Crippen LogP) is 3.52. The molecular weight excluding hydrogens is 318 g/mol. The Bertz CT molecular complexity index is 697. The van der Waals surface area contributed by atoms with Gasteiger partial charge in [-0.2, -0.15) is 0 Å². The van der Waals surface area contributed by atoms with Gasteiger partial charge >= 0.3 is 0 Å². The fraction of sp³-hybridized carbons (Fsp3) is 0.350. The number of hydrogen-bond donors (Lipinski definition) is 1. The minimum atomic E-state index is -0.0325. The van der Waals surface area contributed by atoms with E-state index in [-0.39, 0.29) is 18.4 Å². The van der Waals surface area contributed by atoms with E-state index in [1.807, 2.05) is 49.4 Å². The van der Waals surface area contributed by atoms with Crippen molar-refractivity contribution in [2.45, 2.75) is 25.8 Å². The molecule has 0 radical (unpaired) electrons. The third kappa shape index (κ3) is 4.89.